The van der Waals surface area contributed by atoms with Crippen LogP contribution in [-0.2, 0) is 11.8 Å². The molecule has 1 saturated heterocycles. The van der Waals surface area contributed by atoms with Crippen LogP contribution in [0.25, 0.3) is 6.08 Å². The predicted molar refractivity (Wildman–Crippen MR) is 100 cm³/mol. The molecular weight excluding hydrogens is 331 g/mol. The number of carbonyl (C=O) groups is 1. The summed E-state index contributed by atoms with van der Waals surface area (Å²) in [6, 6.07) is 8.86. The van der Waals surface area contributed by atoms with Gasteiger partial charge < -0.3 is 14.2 Å². The van der Waals surface area contributed by atoms with Crippen LogP contribution in [0.15, 0.2) is 42.6 Å². The van der Waals surface area contributed by atoms with Gasteiger partial charge in [0.1, 0.15) is 0 Å². The Bertz CT molecular complexity index is 797. The summed E-state index contributed by atoms with van der Waals surface area (Å²) in [4.78, 5) is 14.8. The first-order chi connectivity index (χ1) is 12.6. The van der Waals surface area contributed by atoms with E-state index in [0.29, 0.717) is 5.56 Å². The molecule has 0 aliphatic carbocycles. The molecule has 1 aliphatic rings. The zero-order valence-corrected chi connectivity index (χ0v) is 15.3. The molecule has 1 atom stereocenters. The van der Waals surface area contributed by atoms with E-state index in [1.54, 1.807) is 24.3 Å². The topological polar surface area (TPSA) is 34.5 Å². The van der Waals surface area contributed by atoms with Crippen LogP contribution < -0.4 is 4.74 Å². The molecule has 1 aromatic heterocycles. The molecule has 1 aliphatic heterocycles. The molecule has 26 heavy (non-hydrogen) atoms. The summed E-state index contributed by atoms with van der Waals surface area (Å²) in [5.41, 5.74) is 1.80. The van der Waals surface area contributed by atoms with Gasteiger partial charge in [-0.1, -0.05) is 18.9 Å². The first-order valence-corrected chi connectivity index (χ1v) is 9.03. The fraction of sp³-hybridized carbons (Fsp3) is 0.381. The molecule has 0 saturated carbocycles. The fourth-order valence-electron chi connectivity index (χ4n) is 3.55. The molecule has 0 radical (unpaired) electrons. The molecular formula is C21H25FN2O2. The van der Waals surface area contributed by atoms with Gasteiger partial charge in [-0.15, -0.1) is 0 Å². The van der Waals surface area contributed by atoms with Crippen molar-refractivity contribution in [2.45, 2.75) is 31.7 Å². The lowest BCUT2D eigenvalue weighted by molar-refractivity contribution is -0.128. The number of carbonyl (C=O) groups excluding carboxylic acids is 1. The maximum absolute atomic E-state index is 13.8. The molecule has 5 heteroatoms. The van der Waals surface area contributed by atoms with Crippen LogP contribution in [0, 0.1) is 5.82 Å². The Morgan fingerprint density at radius 3 is 2.81 bits per heavy atom. The normalized spacial score (nSPS) is 18.1. The van der Waals surface area contributed by atoms with Gasteiger partial charge in [0.05, 0.1) is 13.2 Å². The Labute approximate surface area is 153 Å². The van der Waals surface area contributed by atoms with Gasteiger partial charge in [0.2, 0.25) is 5.91 Å². The van der Waals surface area contributed by atoms with E-state index in [0.717, 1.165) is 37.9 Å². The lowest BCUT2D eigenvalue weighted by atomic mass is 10.1. The third-order valence-corrected chi connectivity index (χ3v) is 4.96. The smallest absolute Gasteiger partial charge is 0.247 e. The summed E-state index contributed by atoms with van der Waals surface area (Å²) in [6.45, 7) is 0.746. The summed E-state index contributed by atoms with van der Waals surface area (Å²) in [7, 11) is 3.44. The zero-order chi connectivity index (χ0) is 18.5. The van der Waals surface area contributed by atoms with Crippen molar-refractivity contribution in [2.75, 3.05) is 13.7 Å². The van der Waals surface area contributed by atoms with Gasteiger partial charge in [-0.3, -0.25) is 4.79 Å². The van der Waals surface area contributed by atoms with Crippen LogP contribution in [0.1, 0.15) is 43.0 Å². The minimum Gasteiger partial charge on any atom is -0.494 e. The van der Waals surface area contributed by atoms with E-state index in [1.807, 2.05) is 24.2 Å². The molecule has 1 fully saturated rings. The number of hydrogen-bond donors (Lipinski definition) is 0. The van der Waals surface area contributed by atoms with E-state index in [1.165, 1.54) is 13.2 Å². The molecule has 2 heterocycles. The number of amides is 1. The molecule has 4 nitrogen and oxygen atoms in total. The maximum Gasteiger partial charge on any atom is 0.247 e. The molecule has 0 spiro atoms. The lowest BCUT2D eigenvalue weighted by Crippen LogP contribution is -2.34. The number of halogens is 1. The van der Waals surface area contributed by atoms with Gasteiger partial charge >= 0.3 is 0 Å². The fourth-order valence-corrected chi connectivity index (χ4v) is 3.55. The van der Waals surface area contributed by atoms with Crippen LogP contribution >= 0.6 is 0 Å². The van der Waals surface area contributed by atoms with E-state index in [9.17, 15) is 9.18 Å². The Morgan fingerprint density at radius 2 is 2.12 bits per heavy atom. The minimum absolute atomic E-state index is 0.0330. The van der Waals surface area contributed by atoms with Crippen molar-refractivity contribution in [3.63, 3.8) is 0 Å². The second-order valence-electron chi connectivity index (χ2n) is 6.67. The summed E-state index contributed by atoms with van der Waals surface area (Å²) in [5.74, 6) is -0.266. The highest BCUT2D eigenvalue weighted by Gasteiger charge is 2.26. The second kappa shape index (κ2) is 8.21. The summed E-state index contributed by atoms with van der Waals surface area (Å²) >= 11 is 0. The Balaban J connectivity index is 1.79. The lowest BCUT2D eigenvalue weighted by Gasteiger charge is -2.29. The van der Waals surface area contributed by atoms with Crippen LogP contribution in [0.3, 0.4) is 0 Å². The Hall–Kier alpha value is -2.56. The average molecular weight is 356 g/mol. The third-order valence-electron chi connectivity index (χ3n) is 4.96. The molecule has 1 amide bonds. The number of aryl methyl sites for hydroxylation is 1. The van der Waals surface area contributed by atoms with Crippen molar-refractivity contribution in [1.29, 1.82) is 0 Å². The van der Waals surface area contributed by atoms with E-state index >= 15 is 0 Å². The molecule has 1 unspecified atom stereocenters. The highest BCUT2D eigenvalue weighted by molar-refractivity contribution is 5.92. The maximum atomic E-state index is 13.8. The van der Waals surface area contributed by atoms with Gasteiger partial charge in [-0.2, -0.15) is 0 Å². The number of benzene rings is 1. The molecule has 2 aromatic rings. The molecule has 0 N–H and O–H groups in total. The summed E-state index contributed by atoms with van der Waals surface area (Å²) < 4.78 is 20.8. The van der Waals surface area contributed by atoms with Gasteiger partial charge in [-0.25, -0.2) is 4.39 Å². The monoisotopic (exact) mass is 356 g/mol. The van der Waals surface area contributed by atoms with Crippen LogP contribution in [-0.4, -0.2) is 29.0 Å². The van der Waals surface area contributed by atoms with Gasteiger partial charge in [-0.05, 0) is 48.7 Å². The number of aromatic nitrogens is 1. The Kier molecular flexibility index (Phi) is 5.76. The molecule has 3 rings (SSSR count). The molecule has 138 valence electrons. The molecule has 0 bridgehead atoms. The predicted octanol–water partition coefficient (Wildman–Crippen LogP) is 4.33. The minimum atomic E-state index is -0.432. The average Bonchev–Trinajstić information content (AvgIpc) is 2.91. The number of likely N-dealkylation sites (tertiary alicyclic amines) is 1. The quantitative estimate of drug-likeness (QED) is 0.764. The highest BCUT2D eigenvalue weighted by Crippen LogP contribution is 2.30. The summed E-state index contributed by atoms with van der Waals surface area (Å²) in [6.07, 6.45) is 9.45. The van der Waals surface area contributed by atoms with Gasteiger partial charge in [0.15, 0.2) is 11.6 Å². The van der Waals surface area contributed by atoms with Crippen LogP contribution in [0.5, 0.6) is 5.75 Å². The number of rotatable bonds is 4. The SMILES string of the molecule is COc1ccc(/C=C/C(=O)N2CCCCCC2c2cccn2C)cc1F. The van der Waals surface area contributed by atoms with Crippen LogP contribution in [0.2, 0.25) is 0 Å². The Morgan fingerprint density at radius 1 is 1.27 bits per heavy atom. The molecule has 1 aromatic carbocycles. The van der Waals surface area contributed by atoms with E-state index in [2.05, 4.69) is 10.6 Å². The standard InChI is InChI=1S/C21H25FN2O2/c1-23-13-6-8-18(23)19-7-4-3-5-14-24(19)21(25)12-10-16-9-11-20(26-2)17(22)15-16/h6,8-13,15,19H,3-5,7,14H2,1-2H3/b12-10+. The third kappa shape index (κ3) is 3.98. The van der Waals surface area contributed by atoms with E-state index < -0.39 is 5.82 Å². The zero-order valence-electron chi connectivity index (χ0n) is 15.3. The van der Waals surface area contributed by atoms with Crippen molar-refractivity contribution >= 4 is 12.0 Å². The van der Waals surface area contributed by atoms with Crippen molar-refractivity contribution in [1.82, 2.24) is 9.47 Å². The van der Waals surface area contributed by atoms with E-state index in [-0.39, 0.29) is 17.7 Å². The van der Waals surface area contributed by atoms with Gasteiger partial charge in [0.25, 0.3) is 0 Å². The number of hydrogen-bond acceptors (Lipinski definition) is 2. The largest absolute Gasteiger partial charge is 0.494 e. The number of nitrogens with zero attached hydrogens (tertiary/aromatic N) is 2. The number of methoxy groups -OCH3 is 1. The van der Waals surface area contributed by atoms with Crippen molar-refractivity contribution < 1.29 is 13.9 Å². The first kappa shape index (κ1) is 18.2. The first-order valence-electron chi connectivity index (χ1n) is 9.03. The van der Waals surface area contributed by atoms with Crippen LogP contribution in [0.4, 0.5) is 4.39 Å². The van der Waals surface area contributed by atoms with E-state index in [4.69, 9.17) is 4.74 Å². The van der Waals surface area contributed by atoms with Crippen molar-refractivity contribution in [3.8, 4) is 5.75 Å². The van der Waals surface area contributed by atoms with Gasteiger partial charge in [0, 0.05) is 31.6 Å². The second-order valence-corrected chi connectivity index (χ2v) is 6.67. The number of ether oxygens (including phenoxy) is 1. The van der Waals surface area contributed by atoms with Crippen molar-refractivity contribution in [3.05, 3.63) is 59.7 Å². The summed E-state index contributed by atoms with van der Waals surface area (Å²) in [5, 5.41) is 0. The highest BCUT2D eigenvalue weighted by atomic mass is 19.1. The van der Waals surface area contributed by atoms with Crippen molar-refractivity contribution in [2.24, 2.45) is 7.05 Å².